The zero-order valence-electron chi connectivity index (χ0n) is 15.1. The first-order valence-corrected chi connectivity index (χ1v) is 8.72. The van der Waals surface area contributed by atoms with Crippen LogP contribution in [0, 0.1) is 5.92 Å². The topological polar surface area (TPSA) is 75.7 Å². The molecule has 0 aliphatic carbocycles. The maximum atomic E-state index is 12.6. The van der Waals surface area contributed by atoms with Crippen LogP contribution < -0.4 is 10.1 Å². The fourth-order valence-corrected chi connectivity index (χ4v) is 2.93. The number of carbonyl (C=O) groups is 3. The molecule has 2 amide bonds. The lowest BCUT2D eigenvalue weighted by Crippen LogP contribution is -2.46. The second kappa shape index (κ2) is 8.65. The van der Waals surface area contributed by atoms with E-state index in [4.69, 9.17) is 4.74 Å². The van der Waals surface area contributed by atoms with E-state index in [9.17, 15) is 14.4 Å². The Balaban J connectivity index is 1.89. The van der Waals surface area contributed by atoms with Crippen LogP contribution in [-0.2, 0) is 9.59 Å². The third kappa shape index (κ3) is 5.89. The monoisotopic (exact) mass is 346 g/mol. The van der Waals surface area contributed by atoms with Gasteiger partial charge in [0, 0.05) is 38.0 Å². The normalized spacial score (nSPS) is 15.1. The quantitative estimate of drug-likeness (QED) is 0.656. The van der Waals surface area contributed by atoms with E-state index in [0.717, 1.165) is 12.8 Å². The third-order valence-corrected chi connectivity index (χ3v) is 4.08. The van der Waals surface area contributed by atoms with Gasteiger partial charge in [0.15, 0.2) is 0 Å². The summed E-state index contributed by atoms with van der Waals surface area (Å²) in [5.74, 6) is 0.290. The molecule has 1 N–H and O–H groups in total. The first kappa shape index (κ1) is 19.0. The summed E-state index contributed by atoms with van der Waals surface area (Å²) in [6.07, 6.45) is 2.03. The van der Waals surface area contributed by atoms with Gasteiger partial charge in [-0.15, -0.1) is 0 Å². The summed E-state index contributed by atoms with van der Waals surface area (Å²) in [7, 11) is 0. The van der Waals surface area contributed by atoms with Crippen LogP contribution in [0.15, 0.2) is 24.3 Å². The van der Waals surface area contributed by atoms with Crippen LogP contribution in [0.2, 0.25) is 0 Å². The molecule has 0 bridgehead atoms. The lowest BCUT2D eigenvalue weighted by atomic mass is 10.0. The van der Waals surface area contributed by atoms with Crippen molar-refractivity contribution in [1.29, 1.82) is 0 Å². The number of amides is 2. The van der Waals surface area contributed by atoms with Crippen molar-refractivity contribution in [3.63, 3.8) is 0 Å². The highest BCUT2D eigenvalue weighted by Crippen LogP contribution is 2.18. The van der Waals surface area contributed by atoms with E-state index in [1.54, 1.807) is 29.2 Å². The number of ether oxygens (including phenoxy) is 1. The van der Waals surface area contributed by atoms with Gasteiger partial charge in [-0.25, -0.2) is 0 Å². The largest absolute Gasteiger partial charge is 0.427 e. The Labute approximate surface area is 148 Å². The van der Waals surface area contributed by atoms with Crippen LogP contribution in [0.25, 0.3) is 0 Å². The molecule has 6 nitrogen and oxygen atoms in total. The molecular formula is C19H26N2O4. The van der Waals surface area contributed by atoms with Crippen molar-refractivity contribution in [3.05, 3.63) is 29.8 Å². The van der Waals surface area contributed by atoms with Crippen LogP contribution in [0.1, 0.15) is 50.4 Å². The Bertz CT molecular complexity index is 634. The summed E-state index contributed by atoms with van der Waals surface area (Å²) in [6, 6.07) is 6.77. The van der Waals surface area contributed by atoms with Gasteiger partial charge in [-0.05, 0) is 37.0 Å². The molecule has 136 valence electrons. The van der Waals surface area contributed by atoms with E-state index >= 15 is 0 Å². The smallest absolute Gasteiger partial charge is 0.308 e. The van der Waals surface area contributed by atoms with Crippen molar-refractivity contribution < 1.29 is 19.1 Å². The van der Waals surface area contributed by atoms with Crippen molar-refractivity contribution in [3.8, 4) is 5.75 Å². The van der Waals surface area contributed by atoms with Crippen molar-refractivity contribution in [2.45, 2.75) is 46.1 Å². The Morgan fingerprint density at radius 1 is 1.24 bits per heavy atom. The van der Waals surface area contributed by atoms with Gasteiger partial charge in [0.25, 0.3) is 5.91 Å². The number of nitrogens with zero attached hydrogens (tertiary/aromatic N) is 1. The summed E-state index contributed by atoms with van der Waals surface area (Å²) in [5.41, 5.74) is 0.501. The van der Waals surface area contributed by atoms with Crippen molar-refractivity contribution in [1.82, 2.24) is 10.2 Å². The second-order valence-corrected chi connectivity index (χ2v) is 6.85. The minimum absolute atomic E-state index is 0.0776. The highest BCUT2D eigenvalue weighted by Gasteiger charge is 2.25. The highest BCUT2D eigenvalue weighted by atomic mass is 16.5. The fourth-order valence-electron chi connectivity index (χ4n) is 2.93. The molecule has 0 spiro atoms. The molecule has 0 radical (unpaired) electrons. The predicted molar refractivity (Wildman–Crippen MR) is 94.3 cm³/mol. The van der Waals surface area contributed by atoms with Crippen LogP contribution in [-0.4, -0.2) is 41.8 Å². The van der Waals surface area contributed by atoms with Gasteiger partial charge in [0.1, 0.15) is 5.75 Å². The van der Waals surface area contributed by atoms with E-state index in [1.807, 2.05) is 13.8 Å². The number of hydrogen-bond donors (Lipinski definition) is 1. The molecule has 2 rings (SSSR count). The molecular weight excluding hydrogens is 320 g/mol. The molecule has 1 aromatic carbocycles. The minimum atomic E-state index is -0.414. The molecule has 25 heavy (non-hydrogen) atoms. The zero-order valence-corrected chi connectivity index (χ0v) is 15.1. The van der Waals surface area contributed by atoms with E-state index in [-0.39, 0.29) is 17.9 Å². The van der Waals surface area contributed by atoms with Crippen LogP contribution in [0.3, 0.4) is 0 Å². The van der Waals surface area contributed by atoms with E-state index in [0.29, 0.717) is 36.7 Å². The van der Waals surface area contributed by atoms with Gasteiger partial charge >= 0.3 is 5.97 Å². The third-order valence-electron chi connectivity index (χ3n) is 4.08. The number of esters is 1. The Hall–Kier alpha value is -2.37. The number of piperidine rings is 1. The molecule has 1 heterocycles. The molecule has 1 aromatic rings. The number of rotatable bonds is 5. The Morgan fingerprint density at radius 2 is 1.92 bits per heavy atom. The summed E-state index contributed by atoms with van der Waals surface area (Å²) in [5, 5.41) is 3.05. The standard InChI is InChI=1S/C19H26N2O4/c1-13(2)11-18(23)20-16-7-9-21(10-8-16)19(24)15-5-4-6-17(12-15)25-14(3)22/h4-6,12-13,16H,7-11H2,1-3H3,(H,20,23). The maximum absolute atomic E-state index is 12.6. The number of nitrogens with one attached hydrogen (secondary N) is 1. The first-order chi connectivity index (χ1) is 11.8. The molecule has 6 heteroatoms. The van der Waals surface area contributed by atoms with Crippen molar-refractivity contribution in [2.75, 3.05) is 13.1 Å². The van der Waals surface area contributed by atoms with Crippen LogP contribution >= 0.6 is 0 Å². The lowest BCUT2D eigenvalue weighted by Gasteiger charge is -2.32. The molecule has 0 saturated carbocycles. The van der Waals surface area contributed by atoms with Crippen LogP contribution in [0.5, 0.6) is 5.75 Å². The number of likely N-dealkylation sites (tertiary alicyclic amines) is 1. The minimum Gasteiger partial charge on any atom is -0.427 e. The van der Waals surface area contributed by atoms with Crippen molar-refractivity contribution in [2.24, 2.45) is 5.92 Å². The van der Waals surface area contributed by atoms with Gasteiger partial charge in [-0.3, -0.25) is 14.4 Å². The number of benzene rings is 1. The number of carbonyl (C=O) groups excluding carboxylic acids is 3. The van der Waals surface area contributed by atoms with Gasteiger partial charge in [-0.1, -0.05) is 19.9 Å². The fraction of sp³-hybridized carbons (Fsp3) is 0.526. The van der Waals surface area contributed by atoms with E-state index < -0.39 is 5.97 Å². The van der Waals surface area contributed by atoms with Gasteiger partial charge in [0.2, 0.25) is 5.91 Å². The second-order valence-electron chi connectivity index (χ2n) is 6.85. The van der Waals surface area contributed by atoms with Gasteiger partial charge < -0.3 is 15.0 Å². The van der Waals surface area contributed by atoms with Crippen LogP contribution in [0.4, 0.5) is 0 Å². The zero-order chi connectivity index (χ0) is 18.4. The molecule has 1 saturated heterocycles. The maximum Gasteiger partial charge on any atom is 0.308 e. The first-order valence-electron chi connectivity index (χ1n) is 8.72. The average Bonchev–Trinajstić information content (AvgIpc) is 2.53. The average molecular weight is 346 g/mol. The number of hydrogen-bond acceptors (Lipinski definition) is 4. The highest BCUT2D eigenvalue weighted by molar-refractivity contribution is 5.94. The summed E-state index contributed by atoms with van der Waals surface area (Å²) >= 11 is 0. The van der Waals surface area contributed by atoms with Gasteiger partial charge in [-0.2, -0.15) is 0 Å². The molecule has 1 fully saturated rings. The Kier molecular flexibility index (Phi) is 6.56. The molecule has 1 aliphatic heterocycles. The lowest BCUT2D eigenvalue weighted by molar-refractivity contribution is -0.132. The molecule has 1 aliphatic rings. The predicted octanol–water partition coefficient (Wildman–Crippen LogP) is 2.38. The van der Waals surface area contributed by atoms with E-state index in [1.165, 1.54) is 6.92 Å². The molecule has 0 aromatic heterocycles. The SMILES string of the molecule is CC(=O)Oc1cccc(C(=O)N2CCC(NC(=O)CC(C)C)CC2)c1. The molecule has 0 atom stereocenters. The van der Waals surface area contributed by atoms with E-state index in [2.05, 4.69) is 5.32 Å². The van der Waals surface area contributed by atoms with Crippen molar-refractivity contribution >= 4 is 17.8 Å². The summed E-state index contributed by atoms with van der Waals surface area (Å²) < 4.78 is 5.03. The van der Waals surface area contributed by atoms with Gasteiger partial charge in [0.05, 0.1) is 0 Å². The molecule has 0 unspecified atom stereocenters. The summed E-state index contributed by atoms with van der Waals surface area (Å²) in [6.45, 7) is 6.56. The summed E-state index contributed by atoms with van der Waals surface area (Å²) in [4.78, 5) is 37.3. The Morgan fingerprint density at radius 3 is 2.52 bits per heavy atom.